The van der Waals surface area contributed by atoms with E-state index in [0.717, 1.165) is 11.1 Å². The molecule has 0 fully saturated rings. The summed E-state index contributed by atoms with van der Waals surface area (Å²) in [6.45, 7) is 0. The fourth-order valence-corrected chi connectivity index (χ4v) is 2.41. The maximum absolute atomic E-state index is 13.0. The van der Waals surface area contributed by atoms with Crippen LogP contribution in [0.5, 0.6) is 11.5 Å². The second-order valence-electron chi connectivity index (χ2n) is 5.03. The third kappa shape index (κ3) is 3.58. The van der Waals surface area contributed by atoms with E-state index < -0.39 is 0 Å². The number of methoxy groups -OCH3 is 2. The van der Waals surface area contributed by atoms with Gasteiger partial charge in [0, 0.05) is 5.56 Å². The zero-order valence-electron chi connectivity index (χ0n) is 13.6. The van der Waals surface area contributed by atoms with Crippen LogP contribution < -0.4 is 9.47 Å². The molecule has 128 valence electrons. The second-order valence-corrected chi connectivity index (χ2v) is 5.42. The molecule has 0 aliphatic carbocycles. The van der Waals surface area contributed by atoms with E-state index >= 15 is 0 Å². The molecule has 1 aromatic heterocycles. The number of aromatic amines is 1. The van der Waals surface area contributed by atoms with E-state index in [9.17, 15) is 4.39 Å². The van der Waals surface area contributed by atoms with Crippen molar-refractivity contribution in [1.29, 1.82) is 0 Å². The second kappa shape index (κ2) is 7.27. The van der Waals surface area contributed by atoms with Crippen molar-refractivity contribution in [2.24, 2.45) is 5.10 Å². The van der Waals surface area contributed by atoms with Crippen LogP contribution in [0.15, 0.2) is 47.6 Å². The molecule has 0 bridgehead atoms. The van der Waals surface area contributed by atoms with Crippen LogP contribution in [0.3, 0.4) is 0 Å². The smallest absolute Gasteiger partial charge is 0.216 e. The topological polar surface area (TPSA) is 64.4 Å². The molecule has 0 unspecified atom stereocenters. The van der Waals surface area contributed by atoms with Crippen LogP contribution in [0.1, 0.15) is 5.56 Å². The van der Waals surface area contributed by atoms with Crippen molar-refractivity contribution in [2.75, 3.05) is 14.2 Å². The molecule has 0 aliphatic rings. The van der Waals surface area contributed by atoms with Crippen molar-refractivity contribution in [3.63, 3.8) is 0 Å². The normalized spacial score (nSPS) is 11.0. The van der Waals surface area contributed by atoms with Crippen LogP contribution in [0.2, 0.25) is 0 Å². The lowest BCUT2D eigenvalue weighted by atomic mass is 10.2. The number of hydrogen-bond donors (Lipinski definition) is 1. The predicted octanol–water partition coefficient (Wildman–Crippen LogP) is 3.65. The molecule has 0 atom stereocenters. The van der Waals surface area contributed by atoms with Crippen molar-refractivity contribution in [2.45, 2.75) is 0 Å². The van der Waals surface area contributed by atoms with Gasteiger partial charge in [-0.1, -0.05) is 12.1 Å². The van der Waals surface area contributed by atoms with Gasteiger partial charge < -0.3 is 9.47 Å². The maximum Gasteiger partial charge on any atom is 0.216 e. The first-order valence-corrected chi connectivity index (χ1v) is 7.73. The van der Waals surface area contributed by atoms with Crippen LogP contribution >= 0.6 is 12.2 Å². The molecule has 8 heteroatoms. The Bertz CT molecular complexity index is 964. The zero-order valence-corrected chi connectivity index (χ0v) is 14.4. The van der Waals surface area contributed by atoms with Crippen LogP contribution in [0, 0.1) is 10.6 Å². The lowest BCUT2D eigenvalue weighted by Crippen LogP contribution is -1.96. The number of nitrogens with zero attached hydrogens (tertiary/aromatic N) is 3. The largest absolute Gasteiger partial charge is 0.493 e. The van der Waals surface area contributed by atoms with Gasteiger partial charge in [-0.3, -0.25) is 0 Å². The Hall–Kier alpha value is -3.00. The Labute approximate surface area is 148 Å². The molecule has 3 rings (SSSR count). The summed E-state index contributed by atoms with van der Waals surface area (Å²) in [7, 11) is 3.13. The van der Waals surface area contributed by atoms with E-state index in [1.54, 1.807) is 44.7 Å². The Morgan fingerprint density at radius 1 is 1.12 bits per heavy atom. The third-order valence-corrected chi connectivity index (χ3v) is 3.75. The number of H-pyrrole nitrogens is 1. The minimum atomic E-state index is -0.303. The molecular weight excluding hydrogens is 343 g/mol. The van der Waals surface area contributed by atoms with E-state index in [1.165, 1.54) is 16.8 Å². The van der Waals surface area contributed by atoms with Gasteiger partial charge in [0.2, 0.25) is 4.77 Å². The van der Waals surface area contributed by atoms with E-state index in [1.807, 2.05) is 6.07 Å². The molecule has 0 radical (unpaired) electrons. The lowest BCUT2D eigenvalue weighted by molar-refractivity contribution is 0.355. The number of ether oxygens (including phenoxy) is 2. The first-order chi connectivity index (χ1) is 12.1. The van der Waals surface area contributed by atoms with Crippen LogP contribution in [0.25, 0.3) is 11.4 Å². The van der Waals surface area contributed by atoms with E-state index in [2.05, 4.69) is 15.3 Å². The first-order valence-electron chi connectivity index (χ1n) is 7.32. The molecule has 0 amide bonds. The van der Waals surface area contributed by atoms with Crippen molar-refractivity contribution in [3.05, 3.63) is 58.6 Å². The highest BCUT2D eigenvalue weighted by Gasteiger charge is 2.12. The Kier molecular flexibility index (Phi) is 4.90. The highest BCUT2D eigenvalue weighted by Crippen LogP contribution is 2.31. The summed E-state index contributed by atoms with van der Waals surface area (Å²) in [6.07, 6.45) is 1.58. The molecule has 6 nitrogen and oxygen atoms in total. The minimum Gasteiger partial charge on any atom is -0.493 e. The molecule has 1 heterocycles. The zero-order chi connectivity index (χ0) is 17.8. The molecule has 0 aliphatic heterocycles. The van der Waals surface area contributed by atoms with Gasteiger partial charge in [-0.25, -0.2) is 9.49 Å². The van der Waals surface area contributed by atoms with Gasteiger partial charge in [0.1, 0.15) is 5.82 Å². The van der Waals surface area contributed by atoms with Gasteiger partial charge in [0.05, 0.1) is 20.4 Å². The highest BCUT2D eigenvalue weighted by atomic mass is 32.1. The summed E-state index contributed by atoms with van der Waals surface area (Å²) >= 11 is 5.23. The Balaban J connectivity index is 1.99. The number of hydrogen-bond acceptors (Lipinski definition) is 5. The van der Waals surface area contributed by atoms with Crippen LogP contribution in [0.4, 0.5) is 4.39 Å². The monoisotopic (exact) mass is 358 g/mol. The predicted molar refractivity (Wildman–Crippen MR) is 95.3 cm³/mol. The summed E-state index contributed by atoms with van der Waals surface area (Å²) in [5.41, 5.74) is 1.49. The number of nitrogens with one attached hydrogen (secondary N) is 1. The van der Waals surface area contributed by atoms with Crippen LogP contribution in [-0.4, -0.2) is 35.3 Å². The summed E-state index contributed by atoms with van der Waals surface area (Å²) in [5, 5.41) is 11.3. The Morgan fingerprint density at radius 2 is 1.84 bits per heavy atom. The molecular formula is C17H15FN4O2S. The molecule has 0 spiro atoms. The third-order valence-electron chi connectivity index (χ3n) is 3.48. The molecule has 25 heavy (non-hydrogen) atoms. The first kappa shape index (κ1) is 16.8. The molecule has 3 aromatic rings. The minimum absolute atomic E-state index is 0.303. The number of aromatic nitrogens is 3. The maximum atomic E-state index is 13.0. The van der Waals surface area contributed by atoms with Crippen LogP contribution in [-0.2, 0) is 0 Å². The quantitative estimate of drug-likeness (QED) is 0.559. The SMILES string of the molecule is COc1ccc(-c2n[nH]c(=S)n2/N=C/c2ccc(F)cc2)cc1OC. The fourth-order valence-electron chi connectivity index (χ4n) is 2.23. The van der Waals surface area contributed by atoms with E-state index in [4.69, 9.17) is 21.7 Å². The summed E-state index contributed by atoms with van der Waals surface area (Å²) < 4.78 is 25.4. The van der Waals surface area contributed by atoms with Gasteiger partial charge >= 0.3 is 0 Å². The van der Waals surface area contributed by atoms with Gasteiger partial charge in [-0.2, -0.15) is 14.9 Å². The average Bonchev–Trinajstić information content (AvgIpc) is 3.01. The molecule has 0 saturated carbocycles. The van der Waals surface area contributed by atoms with Crippen molar-refractivity contribution < 1.29 is 13.9 Å². The fraction of sp³-hybridized carbons (Fsp3) is 0.118. The van der Waals surface area contributed by atoms with Gasteiger partial charge in [-0.05, 0) is 48.1 Å². The number of rotatable bonds is 5. The molecule has 0 saturated heterocycles. The van der Waals surface area contributed by atoms with E-state index in [0.29, 0.717) is 22.1 Å². The number of benzene rings is 2. The molecule has 2 aromatic carbocycles. The van der Waals surface area contributed by atoms with E-state index in [-0.39, 0.29) is 5.82 Å². The lowest BCUT2D eigenvalue weighted by Gasteiger charge is -2.09. The van der Waals surface area contributed by atoms with Gasteiger partial charge in [-0.15, -0.1) is 0 Å². The van der Waals surface area contributed by atoms with Crippen molar-refractivity contribution in [1.82, 2.24) is 14.9 Å². The standard InChI is InChI=1S/C17H15FN4O2S/c1-23-14-8-5-12(9-15(14)24-2)16-20-21-17(25)22(16)19-10-11-3-6-13(18)7-4-11/h3-10H,1-2H3,(H,21,25)/b19-10+. The summed E-state index contributed by atoms with van der Waals surface area (Å²) in [5.74, 6) is 1.40. The molecule has 1 N–H and O–H groups in total. The average molecular weight is 358 g/mol. The van der Waals surface area contributed by atoms with Gasteiger partial charge in [0.15, 0.2) is 17.3 Å². The van der Waals surface area contributed by atoms with Crippen molar-refractivity contribution >= 4 is 18.4 Å². The van der Waals surface area contributed by atoms with Gasteiger partial charge in [0.25, 0.3) is 0 Å². The highest BCUT2D eigenvalue weighted by molar-refractivity contribution is 7.71. The summed E-state index contributed by atoms with van der Waals surface area (Å²) in [4.78, 5) is 0. The summed E-state index contributed by atoms with van der Waals surface area (Å²) in [6, 6.07) is 11.4. The van der Waals surface area contributed by atoms with Crippen molar-refractivity contribution in [3.8, 4) is 22.9 Å². The number of halogens is 1. The Morgan fingerprint density at radius 3 is 2.52 bits per heavy atom.